The van der Waals surface area contributed by atoms with E-state index in [0.717, 1.165) is 15.7 Å². The van der Waals surface area contributed by atoms with Crippen LogP contribution in [0.4, 0.5) is 5.69 Å². The lowest BCUT2D eigenvalue weighted by Gasteiger charge is -2.41. The van der Waals surface area contributed by atoms with E-state index < -0.39 is 12.1 Å². The van der Waals surface area contributed by atoms with E-state index in [1.807, 2.05) is 45.9 Å². The highest BCUT2D eigenvalue weighted by Crippen LogP contribution is 2.34. The number of nitrogens with one attached hydrogen (secondary N) is 1. The van der Waals surface area contributed by atoms with Crippen LogP contribution in [0.1, 0.15) is 32.8 Å². The monoisotopic (exact) mass is 352 g/mol. The average Bonchev–Trinajstić information content (AvgIpc) is 2.43. The van der Waals surface area contributed by atoms with Gasteiger partial charge in [-0.2, -0.15) is 0 Å². The van der Waals surface area contributed by atoms with Gasteiger partial charge in [0, 0.05) is 4.47 Å². The molecule has 2 atom stereocenters. The zero-order valence-corrected chi connectivity index (χ0v) is 14.4. The molecule has 0 spiro atoms. The number of hydrogen-bond donors (Lipinski definition) is 1. The minimum absolute atomic E-state index is 0.0397. The number of nitrogens with zero attached hydrogens (tertiary/aromatic N) is 1. The van der Waals surface area contributed by atoms with Gasteiger partial charge in [-0.15, -0.1) is 0 Å². The second-order valence-corrected chi connectivity index (χ2v) is 6.57. The van der Waals surface area contributed by atoms with Gasteiger partial charge in [0.15, 0.2) is 0 Å². The van der Waals surface area contributed by atoms with Crippen LogP contribution in [0, 0.1) is 12.8 Å². The molecule has 0 saturated carbocycles. The molecule has 5 heteroatoms. The number of aryl methyl sites for hydroxylation is 1. The summed E-state index contributed by atoms with van der Waals surface area (Å²) in [4.78, 5) is 26.8. The zero-order valence-electron chi connectivity index (χ0n) is 12.8. The van der Waals surface area contributed by atoms with E-state index in [-0.39, 0.29) is 17.7 Å². The Morgan fingerprint density at radius 3 is 2.57 bits per heavy atom. The van der Waals surface area contributed by atoms with E-state index in [9.17, 15) is 9.59 Å². The van der Waals surface area contributed by atoms with Crippen molar-refractivity contribution in [3.8, 4) is 0 Å². The number of anilines is 1. The van der Waals surface area contributed by atoms with Crippen molar-refractivity contribution in [1.82, 2.24) is 5.32 Å². The molecule has 114 valence electrons. The third-order valence-electron chi connectivity index (χ3n) is 3.87. The Hall–Kier alpha value is -1.36. The van der Waals surface area contributed by atoms with Gasteiger partial charge in [0.25, 0.3) is 0 Å². The lowest BCUT2D eigenvalue weighted by atomic mass is 9.95. The smallest absolute Gasteiger partial charge is 0.250 e. The molecule has 1 aliphatic heterocycles. The molecular formula is C16H21BrN2O2. The van der Waals surface area contributed by atoms with Gasteiger partial charge < -0.3 is 5.32 Å². The molecule has 2 unspecified atom stereocenters. The normalized spacial score (nSPS) is 22.7. The van der Waals surface area contributed by atoms with Crippen LogP contribution in [-0.4, -0.2) is 23.9 Å². The molecule has 1 aromatic rings. The molecule has 0 aliphatic carbocycles. The molecule has 4 nitrogen and oxygen atoms in total. The third-order valence-corrected chi connectivity index (χ3v) is 4.90. The molecule has 21 heavy (non-hydrogen) atoms. The summed E-state index contributed by atoms with van der Waals surface area (Å²) < 4.78 is 0.869. The molecular weight excluding hydrogens is 332 g/mol. The van der Waals surface area contributed by atoms with Crippen LogP contribution in [0.15, 0.2) is 22.7 Å². The summed E-state index contributed by atoms with van der Waals surface area (Å²) in [5.74, 6) is -0.0777. The Kier molecular flexibility index (Phi) is 4.71. The molecule has 1 heterocycles. The standard InChI is InChI=1S/C16H21BrN2O2/c1-5-11-16(21)19(14(9(2)3)15(20)18-11)12-8-6-7-10(4)13(12)17/h6-9,11,14H,5H2,1-4H3,(H,18,20). The average molecular weight is 353 g/mol. The second kappa shape index (κ2) is 6.18. The minimum Gasteiger partial charge on any atom is -0.342 e. The molecule has 1 N–H and O–H groups in total. The van der Waals surface area contributed by atoms with Crippen molar-refractivity contribution in [1.29, 1.82) is 0 Å². The van der Waals surface area contributed by atoms with Gasteiger partial charge in [-0.05, 0) is 46.8 Å². The van der Waals surface area contributed by atoms with Gasteiger partial charge >= 0.3 is 0 Å². The first kappa shape index (κ1) is 16.0. The summed E-state index contributed by atoms with van der Waals surface area (Å²) >= 11 is 3.56. The summed E-state index contributed by atoms with van der Waals surface area (Å²) in [7, 11) is 0. The van der Waals surface area contributed by atoms with E-state index in [1.54, 1.807) is 4.90 Å². The first-order valence-corrected chi connectivity index (χ1v) is 8.06. The van der Waals surface area contributed by atoms with Gasteiger partial charge in [-0.1, -0.05) is 32.9 Å². The highest BCUT2D eigenvalue weighted by Gasteiger charge is 2.42. The lowest BCUT2D eigenvalue weighted by molar-refractivity contribution is -0.134. The number of benzene rings is 1. The van der Waals surface area contributed by atoms with E-state index >= 15 is 0 Å². The van der Waals surface area contributed by atoms with Crippen molar-refractivity contribution in [3.05, 3.63) is 28.2 Å². The Balaban J connectivity index is 2.55. The SMILES string of the molecule is CCC1NC(=O)C(C(C)C)N(c2cccc(C)c2Br)C1=O. The van der Waals surface area contributed by atoms with Crippen LogP contribution >= 0.6 is 15.9 Å². The molecule has 1 aromatic carbocycles. The van der Waals surface area contributed by atoms with Crippen LogP contribution < -0.4 is 10.2 Å². The second-order valence-electron chi connectivity index (χ2n) is 5.77. The van der Waals surface area contributed by atoms with Gasteiger partial charge in [-0.25, -0.2) is 0 Å². The predicted octanol–water partition coefficient (Wildman–Crippen LogP) is 3.02. The van der Waals surface area contributed by atoms with Crippen LogP contribution in [0.3, 0.4) is 0 Å². The molecule has 2 amide bonds. The maximum atomic E-state index is 12.8. The molecule has 0 aromatic heterocycles. The fraction of sp³-hybridized carbons (Fsp3) is 0.500. The van der Waals surface area contributed by atoms with Crippen molar-refractivity contribution < 1.29 is 9.59 Å². The maximum absolute atomic E-state index is 12.8. The van der Waals surface area contributed by atoms with Gasteiger partial charge in [0.1, 0.15) is 12.1 Å². The molecule has 0 bridgehead atoms. The quantitative estimate of drug-likeness (QED) is 0.908. The lowest BCUT2D eigenvalue weighted by Crippen LogP contribution is -2.65. The van der Waals surface area contributed by atoms with Crippen molar-refractivity contribution in [2.75, 3.05) is 4.90 Å². The Morgan fingerprint density at radius 2 is 2.00 bits per heavy atom. The van der Waals surface area contributed by atoms with Crippen LogP contribution in [-0.2, 0) is 9.59 Å². The summed E-state index contributed by atoms with van der Waals surface area (Å²) in [6, 6.07) is 4.85. The number of rotatable bonds is 3. The highest BCUT2D eigenvalue weighted by molar-refractivity contribution is 9.10. The molecule has 1 fully saturated rings. The van der Waals surface area contributed by atoms with Gasteiger partial charge in [0.05, 0.1) is 5.69 Å². The fourth-order valence-corrected chi connectivity index (χ4v) is 3.16. The van der Waals surface area contributed by atoms with Crippen LogP contribution in [0.5, 0.6) is 0 Å². The zero-order chi connectivity index (χ0) is 15.7. The number of carbonyl (C=O) groups is 2. The Morgan fingerprint density at radius 1 is 1.33 bits per heavy atom. The van der Waals surface area contributed by atoms with Crippen LogP contribution in [0.2, 0.25) is 0 Å². The number of amides is 2. The topological polar surface area (TPSA) is 49.4 Å². The molecule has 1 aliphatic rings. The molecule has 0 radical (unpaired) electrons. The fourth-order valence-electron chi connectivity index (χ4n) is 2.71. The summed E-state index contributed by atoms with van der Waals surface area (Å²) in [5.41, 5.74) is 1.81. The van der Waals surface area contributed by atoms with Crippen LogP contribution in [0.25, 0.3) is 0 Å². The van der Waals surface area contributed by atoms with E-state index in [4.69, 9.17) is 0 Å². The maximum Gasteiger partial charge on any atom is 0.250 e. The Labute approximate surface area is 134 Å². The van der Waals surface area contributed by atoms with E-state index in [1.165, 1.54) is 0 Å². The first-order valence-electron chi connectivity index (χ1n) is 7.27. The third kappa shape index (κ3) is 2.84. The molecule has 2 rings (SSSR count). The van der Waals surface area contributed by atoms with Crippen molar-refractivity contribution >= 4 is 33.4 Å². The van der Waals surface area contributed by atoms with Crippen molar-refractivity contribution in [2.45, 2.75) is 46.2 Å². The highest BCUT2D eigenvalue weighted by atomic mass is 79.9. The number of hydrogen-bond acceptors (Lipinski definition) is 2. The van der Waals surface area contributed by atoms with Gasteiger partial charge in [0.2, 0.25) is 11.8 Å². The first-order chi connectivity index (χ1) is 9.88. The van der Waals surface area contributed by atoms with E-state index in [0.29, 0.717) is 6.42 Å². The number of piperazine rings is 1. The number of halogens is 1. The number of carbonyl (C=O) groups excluding carboxylic acids is 2. The van der Waals surface area contributed by atoms with Crippen molar-refractivity contribution in [2.24, 2.45) is 5.92 Å². The Bertz CT molecular complexity index is 571. The van der Waals surface area contributed by atoms with E-state index in [2.05, 4.69) is 21.2 Å². The summed E-state index contributed by atoms with van der Waals surface area (Å²) in [6.07, 6.45) is 0.593. The summed E-state index contributed by atoms with van der Waals surface area (Å²) in [6.45, 7) is 7.80. The summed E-state index contributed by atoms with van der Waals surface area (Å²) in [5, 5.41) is 2.84. The van der Waals surface area contributed by atoms with Crippen molar-refractivity contribution in [3.63, 3.8) is 0 Å². The molecule has 1 saturated heterocycles. The largest absolute Gasteiger partial charge is 0.342 e. The predicted molar refractivity (Wildman–Crippen MR) is 87.2 cm³/mol. The minimum atomic E-state index is -0.474. The van der Waals surface area contributed by atoms with Gasteiger partial charge in [-0.3, -0.25) is 14.5 Å².